The highest BCUT2D eigenvalue weighted by molar-refractivity contribution is 5.86. The molecule has 2 atom stereocenters. The molecule has 0 radical (unpaired) electrons. The zero-order valence-corrected chi connectivity index (χ0v) is 30.5. The summed E-state index contributed by atoms with van der Waals surface area (Å²) in [5, 5.41) is 9.39. The third kappa shape index (κ3) is 12.1. The number of carbonyl (C=O) groups is 3. The van der Waals surface area contributed by atoms with Crippen LogP contribution in [0.2, 0.25) is 0 Å². The zero-order chi connectivity index (χ0) is 36.9. The lowest BCUT2D eigenvalue weighted by atomic mass is 9.77. The molecule has 0 aliphatic rings. The molecule has 4 aromatic carbocycles. The lowest BCUT2D eigenvalue weighted by molar-refractivity contribution is -0.149. The average molecular weight is 694 g/mol. The van der Waals surface area contributed by atoms with Crippen LogP contribution in [0.3, 0.4) is 0 Å². The molecular weight excluding hydrogens is 642 g/mol. The van der Waals surface area contributed by atoms with E-state index in [1.54, 1.807) is 20.8 Å². The number of hydrogen-bond acceptors (Lipinski definition) is 7. The molecular formula is C42H51N3O6. The van der Waals surface area contributed by atoms with E-state index in [0.29, 0.717) is 0 Å². The molecule has 3 N–H and O–H groups in total. The van der Waals surface area contributed by atoms with Crippen molar-refractivity contribution in [2.75, 3.05) is 13.2 Å². The standard InChI is InChI=1S/C42H51N3O6/c1-40(2,3)50-30-35(44-39(48)51-41(4,5)6)28-43-36(38(47)49-29-31-19-11-7-12-20-31)27-37(46)45-42(32-21-13-8-14-22-32,33-23-15-9-16-24-33)34-25-17-10-18-26-34/h7-26,35-36,43H,27-30H2,1-6H3,(H,44,48)(H,45,46)/t35-,36+/m1/s1. The van der Waals surface area contributed by atoms with Gasteiger partial charge in [0.15, 0.2) is 0 Å². The molecule has 0 unspecified atom stereocenters. The Morgan fingerprint density at radius 1 is 0.647 bits per heavy atom. The maximum Gasteiger partial charge on any atom is 0.407 e. The van der Waals surface area contributed by atoms with Crippen LogP contribution in [0, 0.1) is 0 Å². The second-order valence-electron chi connectivity index (χ2n) is 14.4. The minimum Gasteiger partial charge on any atom is -0.460 e. The number of esters is 1. The molecule has 0 saturated heterocycles. The summed E-state index contributed by atoms with van der Waals surface area (Å²) in [5.74, 6) is -0.991. The molecule has 270 valence electrons. The molecule has 0 aliphatic heterocycles. The smallest absolute Gasteiger partial charge is 0.407 e. The first-order valence-corrected chi connectivity index (χ1v) is 17.3. The lowest BCUT2D eigenvalue weighted by Crippen LogP contribution is -2.53. The van der Waals surface area contributed by atoms with E-state index in [1.165, 1.54) is 0 Å². The fraction of sp³-hybridized carbons (Fsp3) is 0.357. The van der Waals surface area contributed by atoms with Crippen LogP contribution in [0.15, 0.2) is 121 Å². The lowest BCUT2D eigenvalue weighted by Gasteiger charge is -2.37. The van der Waals surface area contributed by atoms with Crippen LogP contribution in [0.25, 0.3) is 0 Å². The van der Waals surface area contributed by atoms with Crippen molar-refractivity contribution in [3.8, 4) is 0 Å². The Morgan fingerprint density at radius 2 is 1.12 bits per heavy atom. The first-order valence-electron chi connectivity index (χ1n) is 17.3. The van der Waals surface area contributed by atoms with Gasteiger partial charge in [-0.05, 0) is 63.8 Å². The summed E-state index contributed by atoms with van der Waals surface area (Å²) in [6.07, 6.45) is -0.868. The van der Waals surface area contributed by atoms with Crippen LogP contribution < -0.4 is 16.0 Å². The molecule has 0 heterocycles. The monoisotopic (exact) mass is 693 g/mol. The van der Waals surface area contributed by atoms with Gasteiger partial charge in [0, 0.05) is 6.54 Å². The van der Waals surface area contributed by atoms with Gasteiger partial charge in [0.25, 0.3) is 0 Å². The number of carbonyl (C=O) groups excluding carboxylic acids is 3. The van der Waals surface area contributed by atoms with Gasteiger partial charge < -0.3 is 30.2 Å². The van der Waals surface area contributed by atoms with E-state index in [4.69, 9.17) is 14.2 Å². The van der Waals surface area contributed by atoms with Crippen molar-refractivity contribution in [3.63, 3.8) is 0 Å². The van der Waals surface area contributed by atoms with Gasteiger partial charge in [-0.1, -0.05) is 121 Å². The number of alkyl carbamates (subject to hydrolysis) is 1. The topological polar surface area (TPSA) is 115 Å². The number of ether oxygens (including phenoxy) is 3. The normalized spacial score (nSPS) is 13.1. The number of nitrogens with one attached hydrogen (secondary N) is 3. The fourth-order valence-corrected chi connectivity index (χ4v) is 5.56. The van der Waals surface area contributed by atoms with Crippen LogP contribution in [0.4, 0.5) is 4.79 Å². The predicted molar refractivity (Wildman–Crippen MR) is 199 cm³/mol. The van der Waals surface area contributed by atoms with Crippen LogP contribution in [0.5, 0.6) is 0 Å². The van der Waals surface area contributed by atoms with Gasteiger partial charge in [0.2, 0.25) is 5.91 Å². The molecule has 2 amide bonds. The second kappa shape index (κ2) is 17.8. The Bertz CT molecular complexity index is 1570. The Kier molecular flexibility index (Phi) is 13.5. The van der Waals surface area contributed by atoms with Gasteiger partial charge in [-0.3, -0.25) is 9.59 Å². The highest BCUT2D eigenvalue weighted by atomic mass is 16.6. The number of amides is 2. The van der Waals surface area contributed by atoms with E-state index >= 15 is 0 Å². The number of rotatable bonds is 15. The SMILES string of the molecule is CC(C)(C)OC[C@@H](CN[C@@H](CC(=O)NC(c1ccccc1)(c1ccccc1)c1ccccc1)C(=O)OCc1ccccc1)NC(=O)OC(C)(C)C. The fourth-order valence-electron chi connectivity index (χ4n) is 5.56. The number of hydrogen-bond donors (Lipinski definition) is 3. The van der Waals surface area contributed by atoms with Crippen molar-refractivity contribution in [2.45, 2.75) is 83.4 Å². The molecule has 0 aliphatic carbocycles. The van der Waals surface area contributed by atoms with E-state index in [0.717, 1.165) is 22.3 Å². The van der Waals surface area contributed by atoms with E-state index < -0.39 is 40.9 Å². The second-order valence-corrected chi connectivity index (χ2v) is 14.4. The predicted octanol–water partition coefficient (Wildman–Crippen LogP) is 6.89. The molecule has 9 heteroatoms. The number of benzene rings is 4. The molecule has 9 nitrogen and oxygen atoms in total. The summed E-state index contributed by atoms with van der Waals surface area (Å²) < 4.78 is 17.3. The van der Waals surface area contributed by atoms with Gasteiger partial charge in [0.05, 0.1) is 24.7 Å². The van der Waals surface area contributed by atoms with E-state index in [9.17, 15) is 14.4 Å². The van der Waals surface area contributed by atoms with Gasteiger partial charge >= 0.3 is 12.1 Å². The minimum atomic E-state index is -1.07. The van der Waals surface area contributed by atoms with Crippen molar-refractivity contribution in [2.24, 2.45) is 0 Å². The summed E-state index contributed by atoms with van der Waals surface area (Å²) in [4.78, 5) is 40.9. The molecule has 51 heavy (non-hydrogen) atoms. The van der Waals surface area contributed by atoms with Crippen LogP contribution in [0.1, 0.15) is 70.2 Å². The summed E-state index contributed by atoms with van der Waals surface area (Å²) in [5.41, 5.74) is 1.11. The largest absolute Gasteiger partial charge is 0.460 e. The minimum absolute atomic E-state index is 0.0359. The Balaban J connectivity index is 1.64. The molecule has 0 saturated carbocycles. The maximum absolute atomic E-state index is 14.3. The molecule has 4 aromatic rings. The highest BCUT2D eigenvalue weighted by Crippen LogP contribution is 2.37. The van der Waals surface area contributed by atoms with Gasteiger partial charge in [0.1, 0.15) is 23.8 Å². The first-order chi connectivity index (χ1) is 24.2. The summed E-state index contributed by atoms with van der Waals surface area (Å²) in [6, 6.07) is 37.0. The third-order valence-electron chi connectivity index (χ3n) is 7.89. The van der Waals surface area contributed by atoms with Crippen molar-refractivity contribution in [1.82, 2.24) is 16.0 Å². The van der Waals surface area contributed by atoms with Crippen LogP contribution in [-0.2, 0) is 35.9 Å². The Morgan fingerprint density at radius 3 is 1.57 bits per heavy atom. The summed E-state index contributed by atoms with van der Waals surface area (Å²) >= 11 is 0. The molecule has 0 aromatic heterocycles. The maximum atomic E-state index is 14.3. The molecule has 0 bridgehead atoms. The average Bonchev–Trinajstić information content (AvgIpc) is 3.10. The van der Waals surface area contributed by atoms with E-state index in [2.05, 4.69) is 16.0 Å². The van der Waals surface area contributed by atoms with Crippen molar-refractivity contribution in [3.05, 3.63) is 144 Å². The zero-order valence-electron chi connectivity index (χ0n) is 30.5. The van der Waals surface area contributed by atoms with Crippen LogP contribution in [-0.4, -0.2) is 54.4 Å². The van der Waals surface area contributed by atoms with Crippen LogP contribution >= 0.6 is 0 Å². The van der Waals surface area contributed by atoms with Gasteiger partial charge in [-0.2, -0.15) is 0 Å². The third-order valence-corrected chi connectivity index (χ3v) is 7.89. The Hall–Kier alpha value is -4.99. The van der Waals surface area contributed by atoms with Crippen molar-refractivity contribution < 1.29 is 28.6 Å². The van der Waals surface area contributed by atoms with E-state index in [1.807, 2.05) is 142 Å². The molecule has 4 rings (SSSR count). The summed E-state index contributed by atoms with van der Waals surface area (Å²) in [6.45, 7) is 11.3. The molecule has 0 spiro atoms. The quantitative estimate of drug-likeness (QED) is 0.0918. The Labute approximate surface area is 302 Å². The highest BCUT2D eigenvalue weighted by Gasteiger charge is 2.39. The van der Waals surface area contributed by atoms with Crippen molar-refractivity contribution >= 4 is 18.0 Å². The van der Waals surface area contributed by atoms with Gasteiger partial charge in [-0.15, -0.1) is 0 Å². The van der Waals surface area contributed by atoms with Gasteiger partial charge in [-0.25, -0.2) is 4.79 Å². The van der Waals surface area contributed by atoms with E-state index in [-0.39, 0.29) is 32.1 Å². The summed E-state index contributed by atoms with van der Waals surface area (Å²) in [7, 11) is 0. The van der Waals surface area contributed by atoms with Crippen molar-refractivity contribution in [1.29, 1.82) is 0 Å². The molecule has 0 fully saturated rings. The first kappa shape index (κ1) is 38.8.